The summed E-state index contributed by atoms with van der Waals surface area (Å²) in [6, 6.07) is 8.26. The molecule has 0 atom stereocenters. The first kappa shape index (κ1) is 31.9. The molecule has 1 aromatic carbocycles. The van der Waals surface area contributed by atoms with Crippen molar-refractivity contribution in [2.45, 2.75) is 102 Å². The zero-order valence-corrected chi connectivity index (χ0v) is 22.7. The quantitative estimate of drug-likeness (QED) is 0.332. The summed E-state index contributed by atoms with van der Waals surface area (Å²) in [7, 11) is 0. The van der Waals surface area contributed by atoms with Crippen LogP contribution in [0.1, 0.15) is 107 Å². The Labute approximate surface area is 198 Å². The highest BCUT2D eigenvalue weighted by molar-refractivity contribution is 5.94. The summed E-state index contributed by atoms with van der Waals surface area (Å²) in [5.41, 5.74) is 6.30. The second-order valence-corrected chi connectivity index (χ2v) is 8.04. The molecule has 3 heteroatoms. The van der Waals surface area contributed by atoms with Gasteiger partial charge in [-0.1, -0.05) is 84.1 Å². The van der Waals surface area contributed by atoms with Crippen molar-refractivity contribution in [1.29, 1.82) is 0 Å². The smallest absolute Gasteiger partial charge is 0.161 e. The van der Waals surface area contributed by atoms with Crippen LogP contribution in [0.2, 0.25) is 0 Å². The van der Waals surface area contributed by atoms with Crippen LogP contribution in [0, 0.1) is 33.6 Å². The highest BCUT2D eigenvalue weighted by Crippen LogP contribution is 2.17. The van der Waals surface area contributed by atoms with Crippen molar-refractivity contribution in [3.63, 3.8) is 0 Å². The monoisotopic (exact) mass is 440 g/mol. The van der Waals surface area contributed by atoms with E-state index in [1.54, 1.807) is 18.5 Å². The largest absolute Gasteiger partial charge is 0.294 e. The number of nitrogens with zero attached hydrogens (tertiary/aromatic N) is 2. The molecule has 0 N–H and O–H groups in total. The van der Waals surface area contributed by atoms with E-state index in [0.29, 0.717) is 5.56 Å². The number of aliphatic imine (C=N–C) groups is 1. The number of ketones is 1. The van der Waals surface area contributed by atoms with Crippen LogP contribution in [0.3, 0.4) is 0 Å². The number of hydrogen-bond donors (Lipinski definition) is 0. The highest BCUT2D eigenvalue weighted by atomic mass is 16.1. The minimum Gasteiger partial charge on any atom is -0.294 e. The van der Waals surface area contributed by atoms with Crippen LogP contribution < -0.4 is 0 Å². The van der Waals surface area contributed by atoms with Gasteiger partial charge in [0.2, 0.25) is 0 Å². The van der Waals surface area contributed by atoms with Crippen molar-refractivity contribution < 1.29 is 4.79 Å². The molecule has 0 amide bonds. The van der Waals surface area contributed by atoms with E-state index in [1.165, 1.54) is 49.3 Å². The van der Waals surface area contributed by atoms with Gasteiger partial charge in [-0.2, -0.15) is 0 Å². The van der Waals surface area contributed by atoms with Crippen molar-refractivity contribution in [1.82, 2.24) is 4.98 Å². The molecule has 1 aromatic heterocycles. The zero-order chi connectivity index (χ0) is 25.1. The van der Waals surface area contributed by atoms with Crippen LogP contribution in [0.25, 0.3) is 0 Å². The molecule has 0 aliphatic heterocycles. The zero-order valence-electron chi connectivity index (χ0n) is 22.7. The fourth-order valence-electron chi connectivity index (χ4n) is 3.01. The number of hydrogen-bond acceptors (Lipinski definition) is 3. The van der Waals surface area contributed by atoms with Gasteiger partial charge in [0, 0.05) is 18.0 Å². The molecule has 0 aliphatic rings. The Hall–Kier alpha value is -2.29. The molecule has 180 valence electrons. The van der Waals surface area contributed by atoms with Gasteiger partial charge in [0.05, 0.1) is 11.4 Å². The minimum absolute atomic E-state index is 0.0139. The molecular formula is C29H48N2O. The van der Waals surface area contributed by atoms with Gasteiger partial charge in [-0.3, -0.25) is 14.8 Å². The van der Waals surface area contributed by atoms with E-state index < -0.39 is 0 Å². The molecule has 1 heterocycles. The van der Waals surface area contributed by atoms with Crippen LogP contribution in [0.5, 0.6) is 0 Å². The SMILES string of the molecule is CC.CC=Nc1cc(C(C)=O)cnc1C.CCCC(C)CCC.Cc1ccc(C)c(C)c1. The number of aromatic nitrogens is 1. The maximum Gasteiger partial charge on any atom is 0.161 e. The van der Waals surface area contributed by atoms with Crippen LogP contribution in [-0.2, 0) is 0 Å². The Bertz CT molecular complexity index is 788. The summed E-state index contributed by atoms with van der Waals surface area (Å²) in [5, 5.41) is 0. The first-order chi connectivity index (χ1) is 15.2. The summed E-state index contributed by atoms with van der Waals surface area (Å²) < 4.78 is 0. The lowest BCUT2D eigenvalue weighted by Gasteiger charge is -2.05. The van der Waals surface area contributed by atoms with E-state index in [2.05, 4.69) is 69.7 Å². The third kappa shape index (κ3) is 14.7. The fraction of sp³-hybridized carbons (Fsp3) is 0.552. The van der Waals surface area contributed by atoms with E-state index >= 15 is 0 Å². The highest BCUT2D eigenvalue weighted by Gasteiger charge is 2.03. The summed E-state index contributed by atoms with van der Waals surface area (Å²) in [6.07, 6.45) is 8.78. The molecule has 0 fully saturated rings. The Balaban J connectivity index is 0. The van der Waals surface area contributed by atoms with Crippen molar-refractivity contribution in [3.05, 3.63) is 58.4 Å². The van der Waals surface area contributed by atoms with Crippen molar-refractivity contribution >= 4 is 17.7 Å². The summed E-state index contributed by atoms with van der Waals surface area (Å²) in [4.78, 5) is 19.2. The van der Waals surface area contributed by atoms with Gasteiger partial charge >= 0.3 is 0 Å². The first-order valence-electron chi connectivity index (χ1n) is 12.2. The number of aryl methyl sites for hydroxylation is 4. The van der Waals surface area contributed by atoms with Crippen molar-refractivity contribution in [2.24, 2.45) is 10.9 Å². The number of rotatable bonds is 6. The Kier molecular flexibility index (Phi) is 19.3. The molecule has 0 aliphatic carbocycles. The maximum atomic E-state index is 11.0. The Morgan fingerprint density at radius 2 is 1.56 bits per heavy atom. The molecule has 0 unspecified atom stereocenters. The van der Waals surface area contributed by atoms with Crippen molar-refractivity contribution in [2.75, 3.05) is 0 Å². The third-order valence-corrected chi connectivity index (χ3v) is 4.96. The van der Waals surface area contributed by atoms with Gasteiger partial charge in [0.1, 0.15) is 0 Å². The molecule has 2 rings (SSSR count). The van der Waals surface area contributed by atoms with E-state index in [-0.39, 0.29) is 5.78 Å². The van der Waals surface area contributed by atoms with Gasteiger partial charge in [-0.05, 0) is 64.7 Å². The van der Waals surface area contributed by atoms with Crippen LogP contribution in [-0.4, -0.2) is 17.0 Å². The molecular weight excluding hydrogens is 392 g/mol. The normalized spacial score (nSPS) is 9.88. The number of pyridine rings is 1. The van der Waals surface area contributed by atoms with Gasteiger partial charge in [0.25, 0.3) is 0 Å². The molecule has 0 saturated heterocycles. The van der Waals surface area contributed by atoms with Crippen LogP contribution in [0.4, 0.5) is 5.69 Å². The lowest BCUT2D eigenvalue weighted by atomic mass is 10.0. The molecule has 0 spiro atoms. The summed E-state index contributed by atoms with van der Waals surface area (Å²) in [5.74, 6) is 0.977. The Morgan fingerprint density at radius 1 is 1.00 bits per heavy atom. The second-order valence-electron chi connectivity index (χ2n) is 8.04. The van der Waals surface area contributed by atoms with E-state index in [1.807, 2.05) is 27.7 Å². The Morgan fingerprint density at radius 3 is 1.97 bits per heavy atom. The lowest BCUT2D eigenvalue weighted by molar-refractivity contribution is 0.101. The average molecular weight is 441 g/mol. The van der Waals surface area contributed by atoms with Crippen LogP contribution >= 0.6 is 0 Å². The molecule has 0 radical (unpaired) electrons. The molecule has 3 nitrogen and oxygen atoms in total. The van der Waals surface area contributed by atoms with Gasteiger partial charge in [0.15, 0.2) is 5.78 Å². The predicted octanol–water partition coefficient (Wildman–Crippen LogP) is 9.18. The molecule has 32 heavy (non-hydrogen) atoms. The topological polar surface area (TPSA) is 42.3 Å². The fourth-order valence-corrected chi connectivity index (χ4v) is 3.01. The predicted molar refractivity (Wildman–Crippen MR) is 144 cm³/mol. The first-order valence-corrected chi connectivity index (χ1v) is 12.2. The third-order valence-electron chi connectivity index (χ3n) is 4.96. The van der Waals surface area contributed by atoms with E-state index in [0.717, 1.165) is 17.3 Å². The minimum atomic E-state index is 0.0139. The maximum absolute atomic E-state index is 11.0. The summed E-state index contributed by atoms with van der Waals surface area (Å²) >= 11 is 0. The molecule has 0 saturated carbocycles. The second kappa shape index (κ2) is 19.4. The van der Waals surface area contributed by atoms with Crippen LogP contribution in [0.15, 0.2) is 35.5 Å². The van der Waals surface area contributed by atoms with Crippen molar-refractivity contribution in [3.8, 4) is 0 Å². The number of carbonyl (C=O) groups excluding carboxylic acids is 1. The number of carbonyl (C=O) groups is 1. The van der Waals surface area contributed by atoms with Gasteiger partial charge < -0.3 is 0 Å². The summed E-state index contributed by atoms with van der Waals surface area (Å²) in [6.45, 7) is 22.5. The molecule has 2 aromatic rings. The van der Waals surface area contributed by atoms with Gasteiger partial charge in [-0.25, -0.2) is 0 Å². The number of benzene rings is 1. The standard InChI is InChI=1S/C10H12N2O.C9H12.C8H18.C2H6/c1-4-11-10-5-9(8(3)13)6-12-7(10)2;1-7-4-5-8(2)9(3)6-7;1-4-6-8(3)7-5-2;1-2/h4-6H,1-3H3;4-6H,1-3H3;8H,4-7H2,1-3H3;1-2H3. The van der Waals surface area contributed by atoms with Gasteiger partial charge in [-0.15, -0.1) is 0 Å². The van der Waals surface area contributed by atoms with E-state index in [9.17, 15) is 4.79 Å². The number of Topliss-reactive ketones (excluding diaryl/α,β-unsaturated/α-hetero) is 1. The lowest BCUT2D eigenvalue weighted by Crippen LogP contribution is -1.94. The molecule has 0 bridgehead atoms. The van der Waals surface area contributed by atoms with E-state index in [4.69, 9.17) is 0 Å². The average Bonchev–Trinajstić information content (AvgIpc) is 2.75.